The number of nitrogens with one attached hydrogen (secondary N) is 2. The minimum absolute atomic E-state index is 0.107. The van der Waals surface area contributed by atoms with E-state index >= 15 is 0 Å². The third-order valence-corrected chi connectivity index (χ3v) is 4.78. The van der Waals surface area contributed by atoms with E-state index in [0.717, 1.165) is 12.8 Å². The second-order valence-electron chi connectivity index (χ2n) is 5.74. The molecule has 1 saturated heterocycles. The van der Waals surface area contributed by atoms with Gasteiger partial charge in [0.2, 0.25) is 11.8 Å². The van der Waals surface area contributed by atoms with Gasteiger partial charge in [-0.1, -0.05) is 12.1 Å². The maximum Gasteiger partial charge on any atom is 0.242 e. The van der Waals surface area contributed by atoms with E-state index < -0.39 is 6.04 Å². The summed E-state index contributed by atoms with van der Waals surface area (Å²) in [5.41, 5.74) is 1.31. The largest absolute Gasteiger partial charge is 0.354 e. The Bertz CT molecular complexity index is 747. The molecule has 126 valence electrons. The predicted molar refractivity (Wildman–Crippen MR) is 90.0 cm³/mol. The third-order valence-electron chi connectivity index (χ3n) is 3.84. The molecule has 0 bridgehead atoms. The minimum atomic E-state index is -0.471. The number of aromatic nitrogens is 1. The summed E-state index contributed by atoms with van der Waals surface area (Å²) in [5.74, 6) is -0.672. The average Bonchev–Trinajstić information content (AvgIpc) is 2.92. The highest BCUT2D eigenvalue weighted by molar-refractivity contribution is 7.13. The van der Waals surface area contributed by atoms with Crippen molar-refractivity contribution in [1.82, 2.24) is 15.6 Å². The van der Waals surface area contributed by atoms with Crippen molar-refractivity contribution in [2.45, 2.75) is 31.7 Å². The summed E-state index contributed by atoms with van der Waals surface area (Å²) in [7, 11) is 0. The average molecular weight is 347 g/mol. The van der Waals surface area contributed by atoms with Gasteiger partial charge in [-0.25, -0.2) is 9.37 Å². The fraction of sp³-hybridized carbons (Fsp3) is 0.353. The summed E-state index contributed by atoms with van der Waals surface area (Å²) in [6.45, 7) is 0.661. The van der Waals surface area contributed by atoms with Crippen LogP contribution in [-0.4, -0.2) is 29.4 Å². The Labute approximate surface area is 143 Å². The number of amides is 2. The molecule has 0 radical (unpaired) electrons. The first kappa shape index (κ1) is 16.6. The van der Waals surface area contributed by atoms with Crippen molar-refractivity contribution in [2.75, 3.05) is 6.54 Å². The van der Waals surface area contributed by atoms with Gasteiger partial charge >= 0.3 is 0 Å². The number of thiazole rings is 1. The lowest BCUT2D eigenvalue weighted by molar-refractivity contribution is -0.128. The smallest absolute Gasteiger partial charge is 0.242 e. The Morgan fingerprint density at radius 2 is 2.29 bits per heavy atom. The van der Waals surface area contributed by atoms with Crippen molar-refractivity contribution < 1.29 is 14.0 Å². The van der Waals surface area contributed by atoms with E-state index in [0.29, 0.717) is 29.2 Å². The predicted octanol–water partition coefficient (Wildman–Crippen LogP) is 2.28. The van der Waals surface area contributed by atoms with Crippen LogP contribution in [0, 0.1) is 5.82 Å². The van der Waals surface area contributed by atoms with E-state index in [9.17, 15) is 14.0 Å². The fourth-order valence-corrected chi connectivity index (χ4v) is 3.45. The van der Waals surface area contributed by atoms with Crippen molar-refractivity contribution in [3.8, 4) is 10.6 Å². The second-order valence-corrected chi connectivity index (χ2v) is 6.60. The molecule has 2 heterocycles. The molecule has 24 heavy (non-hydrogen) atoms. The Balaban J connectivity index is 1.62. The van der Waals surface area contributed by atoms with E-state index in [1.807, 2.05) is 0 Å². The summed E-state index contributed by atoms with van der Waals surface area (Å²) in [5, 5.41) is 8.02. The van der Waals surface area contributed by atoms with E-state index in [1.165, 1.54) is 23.5 Å². The van der Waals surface area contributed by atoms with Gasteiger partial charge in [0.25, 0.3) is 0 Å². The number of benzene rings is 1. The number of nitrogens with zero attached hydrogens (tertiary/aromatic N) is 1. The van der Waals surface area contributed by atoms with Gasteiger partial charge in [-0.2, -0.15) is 0 Å². The molecule has 1 aliphatic heterocycles. The molecular formula is C17H18FN3O2S. The molecule has 5 nitrogen and oxygen atoms in total. The van der Waals surface area contributed by atoms with Gasteiger partial charge in [0.15, 0.2) is 0 Å². The van der Waals surface area contributed by atoms with Gasteiger partial charge in [0.1, 0.15) is 16.9 Å². The molecule has 2 amide bonds. The zero-order chi connectivity index (χ0) is 16.9. The lowest BCUT2D eigenvalue weighted by Crippen LogP contribution is -2.46. The van der Waals surface area contributed by atoms with Crippen LogP contribution in [0.4, 0.5) is 4.39 Å². The van der Waals surface area contributed by atoms with Crippen LogP contribution in [0.5, 0.6) is 0 Å². The van der Waals surface area contributed by atoms with Gasteiger partial charge < -0.3 is 10.6 Å². The molecule has 1 fully saturated rings. The summed E-state index contributed by atoms with van der Waals surface area (Å²) in [6.07, 6.45) is 2.60. The number of carbonyl (C=O) groups is 2. The summed E-state index contributed by atoms with van der Waals surface area (Å²) in [4.78, 5) is 28.4. The maximum atomic E-state index is 13.3. The van der Waals surface area contributed by atoms with E-state index in [2.05, 4.69) is 15.6 Å². The maximum absolute atomic E-state index is 13.3. The van der Waals surface area contributed by atoms with Crippen LogP contribution in [0.2, 0.25) is 0 Å². The molecule has 1 aromatic heterocycles. The van der Waals surface area contributed by atoms with Gasteiger partial charge in [-0.05, 0) is 31.4 Å². The first-order valence-corrected chi connectivity index (χ1v) is 8.77. The highest BCUT2D eigenvalue weighted by Crippen LogP contribution is 2.24. The summed E-state index contributed by atoms with van der Waals surface area (Å²) in [6, 6.07) is 5.73. The highest BCUT2D eigenvalue weighted by Gasteiger charge is 2.22. The standard InChI is InChI=1S/C17H18FN3O2S/c18-12-5-3-4-11(8-12)17-20-13(10-24-17)9-15(22)21-14-6-1-2-7-19-16(14)23/h3-5,8,10,14H,1-2,6-7,9H2,(H,19,23)(H,21,22)/t14-/m1/s1. The van der Waals surface area contributed by atoms with Crippen LogP contribution in [-0.2, 0) is 16.0 Å². The van der Waals surface area contributed by atoms with Crippen molar-refractivity contribution in [3.63, 3.8) is 0 Å². The molecule has 2 N–H and O–H groups in total. The number of rotatable bonds is 4. The van der Waals surface area contributed by atoms with Crippen molar-refractivity contribution in [2.24, 2.45) is 0 Å². The van der Waals surface area contributed by atoms with Crippen LogP contribution in [0.1, 0.15) is 25.0 Å². The van der Waals surface area contributed by atoms with E-state index in [1.54, 1.807) is 17.5 Å². The summed E-state index contributed by atoms with van der Waals surface area (Å²) < 4.78 is 13.3. The number of hydrogen-bond donors (Lipinski definition) is 2. The van der Waals surface area contributed by atoms with Gasteiger partial charge in [0, 0.05) is 17.5 Å². The highest BCUT2D eigenvalue weighted by atomic mass is 32.1. The Morgan fingerprint density at radius 3 is 3.12 bits per heavy atom. The lowest BCUT2D eigenvalue weighted by atomic mass is 10.1. The monoisotopic (exact) mass is 347 g/mol. The minimum Gasteiger partial charge on any atom is -0.354 e. The lowest BCUT2D eigenvalue weighted by Gasteiger charge is -2.14. The van der Waals surface area contributed by atoms with Crippen molar-refractivity contribution in [1.29, 1.82) is 0 Å². The Hall–Kier alpha value is -2.28. The number of carbonyl (C=O) groups excluding carboxylic acids is 2. The number of halogens is 1. The quantitative estimate of drug-likeness (QED) is 0.891. The van der Waals surface area contributed by atoms with E-state index in [4.69, 9.17) is 0 Å². The van der Waals surface area contributed by atoms with Crippen molar-refractivity contribution >= 4 is 23.2 Å². The van der Waals surface area contributed by atoms with Crippen molar-refractivity contribution in [3.05, 3.63) is 41.2 Å². The first-order chi connectivity index (χ1) is 11.6. The van der Waals surface area contributed by atoms with Crippen LogP contribution < -0.4 is 10.6 Å². The zero-order valence-electron chi connectivity index (χ0n) is 13.0. The topological polar surface area (TPSA) is 71.1 Å². The van der Waals surface area contributed by atoms with Crippen LogP contribution in [0.3, 0.4) is 0 Å². The number of hydrogen-bond acceptors (Lipinski definition) is 4. The zero-order valence-corrected chi connectivity index (χ0v) is 13.9. The van der Waals surface area contributed by atoms with Crippen LogP contribution in [0.15, 0.2) is 29.6 Å². The summed E-state index contributed by atoms with van der Waals surface area (Å²) >= 11 is 1.37. The molecule has 0 unspecified atom stereocenters. The molecule has 3 rings (SSSR count). The van der Waals surface area contributed by atoms with Gasteiger partial charge in [-0.15, -0.1) is 11.3 Å². The van der Waals surface area contributed by atoms with Crippen LogP contribution >= 0.6 is 11.3 Å². The van der Waals surface area contributed by atoms with E-state index in [-0.39, 0.29) is 24.1 Å². The normalized spacial score (nSPS) is 17.9. The molecule has 1 aliphatic rings. The molecule has 1 aromatic carbocycles. The molecule has 7 heteroatoms. The molecule has 0 spiro atoms. The Morgan fingerprint density at radius 1 is 1.42 bits per heavy atom. The fourth-order valence-electron chi connectivity index (χ4n) is 2.63. The molecule has 0 aliphatic carbocycles. The van der Waals surface area contributed by atoms with Gasteiger partial charge in [-0.3, -0.25) is 9.59 Å². The second kappa shape index (κ2) is 7.53. The van der Waals surface area contributed by atoms with Crippen LogP contribution in [0.25, 0.3) is 10.6 Å². The third kappa shape index (κ3) is 4.17. The SMILES string of the molecule is O=C(Cc1csc(-c2cccc(F)c2)n1)N[C@@H]1CCCCNC1=O. The molecule has 2 aromatic rings. The molecule has 0 saturated carbocycles. The first-order valence-electron chi connectivity index (χ1n) is 7.89. The van der Waals surface area contributed by atoms with Gasteiger partial charge in [0.05, 0.1) is 12.1 Å². The Kier molecular flexibility index (Phi) is 5.20. The molecular weight excluding hydrogens is 329 g/mol. The molecule has 1 atom stereocenters.